The summed E-state index contributed by atoms with van der Waals surface area (Å²) in [6.07, 6.45) is 6.41. The first kappa shape index (κ1) is 12.6. The fraction of sp³-hybridized carbons (Fsp3) is 0.222. The molecule has 0 aromatic heterocycles. The van der Waals surface area contributed by atoms with Crippen molar-refractivity contribution < 1.29 is 0 Å². The minimum absolute atomic E-state index is 0.530. The van der Waals surface area contributed by atoms with Crippen molar-refractivity contribution in [3.05, 3.63) is 66.3 Å². The summed E-state index contributed by atoms with van der Waals surface area (Å²) in [6.45, 7) is 6.53. The molecule has 0 radical (unpaired) electrons. The molecule has 0 saturated carbocycles. The summed E-state index contributed by atoms with van der Waals surface area (Å²) in [5.74, 6) is 0.530. The van der Waals surface area contributed by atoms with Crippen LogP contribution in [0.3, 0.4) is 0 Å². The number of rotatable bonds is 3. The predicted molar refractivity (Wildman–Crippen MR) is 81.6 cm³/mol. The predicted octanol–water partition coefficient (Wildman–Crippen LogP) is 5.46. The molecule has 0 heterocycles. The van der Waals surface area contributed by atoms with Gasteiger partial charge in [-0.15, -0.1) is 0 Å². The van der Waals surface area contributed by atoms with E-state index in [-0.39, 0.29) is 0 Å². The van der Waals surface area contributed by atoms with Gasteiger partial charge in [0.05, 0.1) is 0 Å². The lowest BCUT2D eigenvalue weighted by Crippen LogP contribution is -1.93. The monoisotopic (exact) mass is 236 g/mol. The SMILES string of the molecule is C/C=C\C=C(/c1ccc2ccccc2c1)C(C)C. The zero-order valence-corrected chi connectivity index (χ0v) is 11.4. The second-order valence-electron chi connectivity index (χ2n) is 4.86. The van der Waals surface area contributed by atoms with Crippen LogP contribution in [-0.4, -0.2) is 0 Å². The molecule has 0 atom stereocenters. The molecule has 92 valence electrons. The number of benzene rings is 2. The average Bonchev–Trinajstić information content (AvgIpc) is 2.38. The van der Waals surface area contributed by atoms with Gasteiger partial charge in [-0.25, -0.2) is 0 Å². The van der Waals surface area contributed by atoms with E-state index in [1.807, 2.05) is 0 Å². The average molecular weight is 236 g/mol. The fourth-order valence-corrected chi connectivity index (χ4v) is 2.19. The zero-order valence-electron chi connectivity index (χ0n) is 11.4. The molecule has 0 aliphatic heterocycles. The summed E-state index contributed by atoms with van der Waals surface area (Å²) >= 11 is 0. The third kappa shape index (κ3) is 2.70. The van der Waals surface area contributed by atoms with Gasteiger partial charge in [-0.1, -0.05) is 68.5 Å². The lowest BCUT2D eigenvalue weighted by molar-refractivity contribution is 0.856. The van der Waals surface area contributed by atoms with Crippen LogP contribution in [0.25, 0.3) is 16.3 Å². The quantitative estimate of drug-likeness (QED) is 0.621. The fourth-order valence-electron chi connectivity index (χ4n) is 2.19. The molecule has 0 amide bonds. The second kappa shape index (κ2) is 5.68. The molecular formula is C18H20. The third-order valence-electron chi connectivity index (χ3n) is 3.17. The van der Waals surface area contributed by atoms with Crippen molar-refractivity contribution in [2.75, 3.05) is 0 Å². The molecule has 18 heavy (non-hydrogen) atoms. The van der Waals surface area contributed by atoms with Crippen molar-refractivity contribution >= 4 is 16.3 Å². The highest BCUT2D eigenvalue weighted by atomic mass is 14.1. The smallest absolute Gasteiger partial charge is 0.0178 e. The van der Waals surface area contributed by atoms with Gasteiger partial charge in [0.2, 0.25) is 0 Å². The summed E-state index contributed by atoms with van der Waals surface area (Å²) in [5.41, 5.74) is 2.71. The molecule has 0 aliphatic rings. The van der Waals surface area contributed by atoms with E-state index in [1.165, 1.54) is 21.9 Å². The van der Waals surface area contributed by atoms with Crippen LogP contribution in [-0.2, 0) is 0 Å². The lowest BCUT2D eigenvalue weighted by atomic mass is 9.93. The molecule has 0 unspecified atom stereocenters. The van der Waals surface area contributed by atoms with Crippen LogP contribution < -0.4 is 0 Å². The molecule has 2 aromatic carbocycles. The Labute approximate surface area is 110 Å². The maximum absolute atomic E-state index is 2.28. The second-order valence-corrected chi connectivity index (χ2v) is 4.86. The molecule has 2 aromatic rings. The van der Waals surface area contributed by atoms with E-state index < -0.39 is 0 Å². The Kier molecular flexibility index (Phi) is 3.99. The molecule has 0 saturated heterocycles. The van der Waals surface area contributed by atoms with Crippen molar-refractivity contribution in [2.24, 2.45) is 5.92 Å². The Morgan fingerprint density at radius 2 is 1.72 bits per heavy atom. The highest BCUT2D eigenvalue weighted by molar-refractivity contribution is 5.86. The third-order valence-corrected chi connectivity index (χ3v) is 3.17. The number of allylic oxidation sites excluding steroid dienone is 4. The van der Waals surface area contributed by atoms with Crippen molar-refractivity contribution in [2.45, 2.75) is 20.8 Å². The first-order valence-corrected chi connectivity index (χ1v) is 6.54. The Morgan fingerprint density at radius 3 is 2.39 bits per heavy atom. The maximum Gasteiger partial charge on any atom is -0.0178 e. The van der Waals surface area contributed by atoms with E-state index in [4.69, 9.17) is 0 Å². The maximum atomic E-state index is 2.28. The van der Waals surface area contributed by atoms with Gasteiger partial charge in [0.25, 0.3) is 0 Å². The zero-order chi connectivity index (χ0) is 13.0. The summed E-state index contributed by atoms with van der Waals surface area (Å²) in [7, 11) is 0. The topological polar surface area (TPSA) is 0 Å². The van der Waals surface area contributed by atoms with Crippen LogP contribution in [0.1, 0.15) is 26.3 Å². The number of hydrogen-bond acceptors (Lipinski definition) is 0. The highest BCUT2D eigenvalue weighted by Crippen LogP contribution is 2.26. The molecule has 0 spiro atoms. The Bertz CT molecular complexity index is 586. The molecule has 0 heteroatoms. The van der Waals surface area contributed by atoms with E-state index in [1.54, 1.807) is 0 Å². The van der Waals surface area contributed by atoms with Crippen LogP contribution in [0.15, 0.2) is 60.7 Å². The van der Waals surface area contributed by atoms with Gasteiger partial charge in [0, 0.05) is 0 Å². The van der Waals surface area contributed by atoms with Crippen molar-refractivity contribution in [3.8, 4) is 0 Å². The van der Waals surface area contributed by atoms with Crippen LogP contribution in [0, 0.1) is 5.92 Å². The summed E-state index contributed by atoms with van der Waals surface area (Å²) in [5, 5.41) is 2.61. The highest BCUT2D eigenvalue weighted by Gasteiger charge is 2.06. The first-order valence-electron chi connectivity index (χ1n) is 6.54. The lowest BCUT2D eigenvalue weighted by Gasteiger charge is -2.12. The molecule has 0 bridgehead atoms. The van der Waals surface area contributed by atoms with Gasteiger partial charge < -0.3 is 0 Å². The molecular weight excluding hydrogens is 216 g/mol. The van der Waals surface area contributed by atoms with Crippen molar-refractivity contribution in [1.29, 1.82) is 0 Å². The van der Waals surface area contributed by atoms with Crippen LogP contribution in [0.5, 0.6) is 0 Å². The van der Waals surface area contributed by atoms with E-state index in [2.05, 4.69) is 81.5 Å². The molecule has 0 aliphatic carbocycles. The summed E-state index contributed by atoms with van der Waals surface area (Å²) in [4.78, 5) is 0. The van der Waals surface area contributed by atoms with Crippen molar-refractivity contribution in [3.63, 3.8) is 0 Å². The Balaban J connectivity index is 2.51. The van der Waals surface area contributed by atoms with Crippen molar-refractivity contribution in [1.82, 2.24) is 0 Å². The van der Waals surface area contributed by atoms with E-state index in [0.29, 0.717) is 5.92 Å². The molecule has 0 nitrogen and oxygen atoms in total. The summed E-state index contributed by atoms with van der Waals surface area (Å²) < 4.78 is 0. The van der Waals surface area contributed by atoms with Gasteiger partial charge in [-0.05, 0) is 40.8 Å². The Hall–Kier alpha value is -1.82. The minimum atomic E-state index is 0.530. The van der Waals surface area contributed by atoms with E-state index in [0.717, 1.165) is 0 Å². The molecule has 2 rings (SSSR count). The standard InChI is InChI=1S/C18H20/c1-4-5-10-18(14(2)3)17-12-11-15-8-6-7-9-16(15)13-17/h4-14H,1-3H3/b5-4-,18-10-. The molecule has 0 fully saturated rings. The van der Waals surface area contributed by atoms with Crippen LogP contribution in [0.2, 0.25) is 0 Å². The normalized spacial score (nSPS) is 12.8. The van der Waals surface area contributed by atoms with Crippen LogP contribution >= 0.6 is 0 Å². The van der Waals surface area contributed by atoms with Gasteiger partial charge in [0.1, 0.15) is 0 Å². The van der Waals surface area contributed by atoms with Crippen LogP contribution in [0.4, 0.5) is 0 Å². The number of fused-ring (bicyclic) bond motifs is 1. The van der Waals surface area contributed by atoms with Gasteiger partial charge >= 0.3 is 0 Å². The van der Waals surface area contributed by atoms with Gasteiger partial charge in [-0.3, -0.25) is 0 Å². The first-order chi connectivity index (χ1) is 8.72. The molecule has 0 N–H and O–H groups in total. The Morgan fingerprint density at radius 1 is 1.00 bits per heavy atom. The summed E-state index contributed by atoms with van der Waals surface area (Å²) in [6, 6.07) is 15.2. The van der Waals surface area contributed by atoms with E-state index in [9.17, 15) is 0 Å². The van der Waals surface area contributed by atoms with Gasteiger partial charge in [-0.2, -0.15) is 0 Å². The minimum Gasteiger partial charge on any atom is -0.0877 e. The van der Waals surface area contributed by atoms with Gasteiger partial charge in [0.15, 0.2) is 0 Å². The largest absolute Gasteiger partial charge is 0.0877 e. The number of hydrogen-bond donors (Lipinski definition) is 0. The van der Waals surface area contributed by atoms with E-state index >= 15 is 0 Å².